The second-order valence-corrected chi connectivity index (χ2v) is 4.78. The molecular weight excluding hydrogens is 192 g/mol. The van der Waals surface area contributed by atoms with Gasteiger partial charge in [-0.2, -0.15) is 0 Å². The van der Waals surface area contributed by atoms with E-state index in [1.54, 1.807) is 0 Å². The average Bonchev–Trinajstić information content (AvgIpc) is 2.64. The van der Waals surface area contributed by atoms with Crippen molar-refractivity contribution in [2.45, 2.75) is 25.7 Å². The maximum absolute atomic E-state index is 4.20. The normalized spacial score (nSPS) is 24.6. The minimum atomic E-state index is 0.665. The van der Waals surface area contributed by atoms with Gasteiger partial charge >= 0.3 is 0 Å². The van der Waals surface area contributed by atoms with E-state index in [0.717, 1.165) is 12.3 Å². The van der Waals surface area contributed by atoms with E-state index >= 15 is 0 Å². The van der Waals surface area contributed by atoms with Gasteiger partial charge < -0.3 is 0 Å². The van der Waals surface area contributed by atoms with Gasteiger partial charge in [-0.15, -0.1) is 6.58 Å². The van der Waals surface area contributed by atoms with E-state index in [-0.39, 0.29) is 0 Å². The SMILES string of the molecule is C=CC[C@@H]1C(=C)CC[C@H]1Cc1ccccc1. The number of hydrogen-bond acceptors (Lipinski definition) is 0. The van der Waals surface area contributed by atoms with Gasteiger partial charge in [0, 0.05) is 0 Å². The molecule has 0 saturated heterocycles. The lowest BCUT2D eigenvalue weighted by atomic mass is 9.86. The lowest BCUT2D eigenvalue weighted by Crippen LogP contribution is -2.11. The Kier molecular flexibility index (Phi) is 3.61. The molecule has 0 aliphatic heterocycles. The van der Waals surface area contributed by atoms with Crippen LogP contribution in [-0.4, -0.2) is 0 Å². The van der Waals surface area contributed by atoms with Gasteiger partial charge in [-0.3, -0.25) is 0 Å². The van der Waals surface area contributed by atoms with E-state index in [1.165, 1.54) is 30.4 Å². The standard InChI is InChI=1S/C16H20/c1-3-7-16-13(2)10-11-15(16)12-14-8-5-4-6-9-14/h3-6,8-9,15-16H,1-2,7,10-12H2/t15-,16+/m0/s1. The van der Waals surface area contributed by atoms with Crippen LogP contribution in [0.5, 0.6) is 0 Å². The molecule has 0 aromatic heterocycles. The summed E-state index contributed by atoms with van der Waals surface area (Å²) in [6.07, 6.45) is 6.83. The summed E-state index contributed by atoms with van der Waals surface area (Å²) in [6.45, 7) is 8.06. The van der Waals surface area contributed by atoms with Crippen LogP contribution >= 0.6 is 0 Å². The zero-order valence-electron chi connectivity index (χ0n) is 9.86. The number of allylic oxidation sites excluding steroid dienone is 2. The van der Waals surface area contributed by atoms with Crippen molar-refractivity contribution < 1.29 is 0 Å². The monoisotopic (exact) mass is 212 g/mol. The van der Waals surface area contributed by atoms with E-state index in [9.17, 15) is 0 Å². The third-order valence-electron chi connectivity index (χ3n) is 3.69. The van der Waals surface area contributed by atoms with Crippen molar-refractivity contribution in [2.24, 2.45) is 11.8 Å². The van der Waals surface area contributed by atoms with Gasteiger partial charge in [0.25, 0.3) is 0 Å². The largest absolute Gasteiger partial charge is 0.103 e. The molecular formula is C16H20. The Morgan fingerprint density at radius 1 is 1.25 bits per heavy atom. The molecule has 0 spiro atoms. The molecule has 1 saturated carbocycles. The summed E-state index contributed by atoms with van der Waals surface area (Å²) in [4.78, 5) is 0. The molecule has 0 amide bonds. The third-order valence-corrected chi connectivity index (χ3v) is 3.69. The third kappa shape index (κ3) is 2.44. The summed E-state index contributed by atoms with van der Waals surface area (Å²) < 4.78 is 0. The summed E-state index contributed by atoms with van der Waals surface area (Å²) in [7, 11) is 0. The smallest absolute Gasteiger partial charge is 0.0140 e. The van der Waals surface area contributed by atoms with Crippen molar-refractivity contribution in [3.63, 3.8) is 0 Å². The van der Waals surface area contributed by atoms with E-state index in [0.29, 0.717) is 5.92 Å². The molecule has 1 aromatic rings. The lowest BCUT2D eigenvalue weighted by Gasteiger charge is -2.18. The molecule has 0 N–H and O–H groups in total. The Balaban J connectivity index is 2.04. The number of hydrogen-bond donors (Lipinski definition) is 0. The first-order valence-corrected chi connectivity index (χ1v) is 6.13. The Morgan fingerprint density at radius 3 is 2.69 bits per heavy atom. The molecule has 2 rings (SSSR count). The molecule has 1 fully saturated rings. The quantitative estimate of drug-likeness (QED) is 0.649. The molecule has 1 aliphatic carbocycles. The van der Waals surface area contributed by atoms with Gasteiger partial charge in [0.15, 0.2) is 0 Å². The van der Waals surface area contributed by atoms with Crippen LogP contribution in [0.15, 0.2) is 55.1 Å². The molecule has 1 aromatic carbocycles. The van der Waals surface area contributed by atoms with Crippen molar-refractivity contribution in [3.8, 4) is 0 Å². The first kappa shape index (κ1) is 11.2. The molecule has 16 heavy (non-hydrogen) atoms. The second-order valence-electron chi connectivity index (χ2n) is 4.78. The first-order valence-electron chi connectivity index (χ1n) is 6.13. The second kappa shape index (κ2) is 5.16. The van der Waals surface area contributed by atoms with Crippen LogP contribution in [0.3, 0.4) is 0 Å². The Hall–Kier alpha value is -1.30. The molecule has 0 radical (unpaired) electrons. The molecule has 0 heterocycles. The van der Waals surface area contributed by atoms with Gasteiger partial charge in [-0.25, -0.2) is 0 Å². The van der Waals surface area contributed by atoms with Gasteiger partial charge in [-0.1, -0.05) is 48.6 Å². The minimum absolute atomic E-state index is 0.665. The van der Waals surface area contributed by atoms with Crippen LogP contribution in [0.1, 0.15) is 24.8 Å². The summed E-state index contributed by atoms with van der Waals surface area (Å²) in [5, 5.41) is 0. The zero-order chi connectivity index (χ0) is 11.4. The molecule has 0 nitrogen and oxygen atoms in total. The maximum atomic E-state index is 4.20. The topological polar surface area (TPSA) is 0 Å². The zero-order valence-corrected chi connectivity index (χ0v) is 9.86. The summed E-state index contributed by atoms with van der Waals surface area (Å²) >= 11 is 0. The van der Waals surface area contributed by atoms with Crippen molar-refractivity contribution in [3.05, 3.63) is 60.7 Å². The number of rotatable bonds is 4. The van der Waals surface area contributed by atoms with E-state index in [4.69, 9.17) is 0 Å². The fraction of sp³-hybridized carbons (Fsp3) is 0.375. The highest BCUT2D eigenvalue weighted by molar-refractivity contribution is 5.19. The predicted octanol–water partition coefficient (Wildman–Crippen LogP) is 4.39. The minimum Gasteiger partial charge on any atom is -0.103 e. The highest BCUT2D eigenvalue weighted by atomic mass is 14.3. The summed E-state index contributed by atoms with van der Waals surface area (Å²) in [5.74, 6) is 1.44. The van der Waals surface area contributed by atoms with Crippen molar-refractivity contribution in [1.82, 2.24) is 0 Å². The fourth-order valence-corrected chi connectivity index (χ4v) is 2.79. The van der Waals surface area contributed by atoms with Gasteiger partial charge in [0.2, 0.25) is 0 Å². The first-order chi connectivity index (χ1) is 7.81. The van der Waals surface area contributed by atoms with Crippen molar-refractivity contribution in [1.29, 1.82) is 0 Å². The van der Waals surface area contributed by atoms with E-state index in [1.807, 2.05) is 6.08 Å². The molecule has 84 valence electrons. The molecule has 0 heteroatoms. The van der Waals surface area contributed by atoms with Crippen LogP contribution in [0.4, 0.5) is 0 Å². The van der Waals surface area contributed by atoms with Crippen LogP contribution in [0, 0.1) is 11.8 Å². The predicted molar refractivity (Wildman–Crippen MR) is 70.3 cm³/mol. The highest BCUT2D eigenvalue weighted by Gasteiger charge is 2.28. The summed E-state index contributed by atoms with van der Waals surface area (Å²) in [5.41, 5.74) is 2.89. The Morgan fingerprint density at radius 2 is 2.00 bits per heavy atom. The average molecular weight is 212 g/mol. The van der Waals surface area contributed by atoms with Gasteiger partial charge in [-0.05, 0) is 43.1 Å². The van der Waals surface area contributed by atoms with Crippen LogP contribution in [0.2, 0.25) is 0 Å². The Bertz CT molecular complexity index is 361. The van der Waals surface area contributed by atoms with E-state index in [2.05, 4.69) is 43.5 Å². The van der Waals surface area contributed by atoms with Gasteiger partial charge in [0.1, 0.15) is 0 Å². The molecule has 0 bridgehead atoms. The molecule has 2 atom stereocenters. The van der Waals surface area contributed by atoms with Crippen molar-refractivity contribution in [2.75, 3.05) is 0 Å². The Labute approximate surface area is 98.7 Å². The number of benzene rings is 1. The highest BCUT2D eigenvalue weighted by Crippen LogP contribution is 2.39. The summed E-state index contributed by atoms with van der Waals surface area (Å²) in [6, 6.07) is 10.8. The van der Waals surface area contributed by atoms with Crippen LogP contribution in [-0.2, 0) is 6.42 Å². The van der Waals surface area contributed by atoms with Crippen LogP contribution in [0.25, 0.3) is 0 Å². The van der Waals surface area contributed by atoms with E-state index < -0.39 is 0 Å². The lowest BCUT2D eigenvalue weighted by molar-refractivity contribution is 0.422. The van der Waals surface area contributed by atoms with Crippen LogP contribution < -0.4 is 0 Å². The fourth-order valence-electron chi connectivity index (χ4n) is 2.79. The maximum Gasteiger partial charge on any atom is -0.0140 e. The van der Waals surface area contributed by atoms with Gasteiger partial charge in [0.05, 0.1) is 0 Å². The molecule has 1 aliphatic rings. The molecule has 0 unspecified atom stereocenters. The van der Waals surface area contributed by atoms with Crippen molar-refractivity contribution >= 4 is 0 Å².